The maximum absolute atomic E-state index is 9.58. The maximum atomic E-state index is 9.58. The van der Waals surface area contributed by atoms with Gasteiger partial charge in [-0.15, -0.1) is 11.3 Å². The Morgan fingerprint density at radius 3 is 2.83 bits per heavy atom. The van der Waals surface area contributed by atoms with E-state index in [2.05, 4.69) is 18.8 Å². The normalized spacial score (nSPS) is 10.9. The molecule has 18 heavy (non-hydrogen) atoms. The van der Waals surface area contributed by atoms with Crippen LogP contribution in [0.25, 0.3) is 0 Å². The lowest BCUT2D eigenvalue weighted by molar-refractivity contribution is 0.297. The quantitative estimate of drug-likeness (QED) is 0.910. The fourth-order valence-electron chi connectivity index (χ4n) is 1.57. The van der Waals surface area contributed by atoms with Crippen molar-refractivity contribution in [3.63, 3.8) is 0 Å². The highest BCUT2D eigenvalue weighted by Gasteiger charge is 2.08. The molecule has 0 atom stereocenters. The highest BCUT2D eigenvalue weighted by atomic mass is 32.1. The molecule has 0 aliphatic rings. The van der Waals surface area contributed by atoms with E-state index < -0.39 is 0 Å². The summed E-state index contributed by atoms with van der Waals surface area (Å²) >= 11 is 1.66. The molecule has 2 aromatic rings. The molecule has 0 aliphatic carbocycles. The van der Waals surface area contributed by atoms with Gasteiger partial charge in [-0.05, 0) is 19.1 Å². The molecule has 0 radical (unpaired) electrons. The van der Waals surface area contributed by atoms with E-state index in [-0.39, 0.29) is 5.75 Å². The summed E-state index contributed by atoms with van der Waals surface area (Å²) in [6, 6.07) is 5.28. The number of rotatable bonds is 4. The topological polar surface area (TPSA) is 42.4 Å². The molecule has 3 nitrogen and oxygen atoms in total. The van der Waals surface area contributed by atoms with Crippen molar-refractivity contribution in [2.75, 3.05) is 0 Å². The maximum Gasteiger partial charge on any atom is 0.131 e. The lowest BCUT2D eigenvalue weighted by atomic mass is 10.2. The van der Waals surface area contributed by atoms with Gasteiger partial charge in [0.15, 0.2) is 0 Å². The molecule has 1 N–H and O–H groups in total. The second-order valence-electron chi connectivity index (χ2n) is 4.52. The number of aromatic hydroxyl groups is 1. The molecule has 0 fully saturated rings. The van der Waals surface area contributed by atoms with Crippen LogP contribution < -0.4 is 4.74 Å². The molecule has 0 aliphatic heterocycles. The van der Waals surface area contributed by atoms with E-state index >= 15 is 0 Å². The smallest absolute Gasteiger partial charge is 0.131 e. The summed E-state index contributed by atoms with van der Waals surface area (Å²) in [4.78, 5) is 4.51. The molecular formula is C14H17NO2S. The lowest BCUT2D eigenvalue weighted by Gasteiger charge is -2.08. The zero-order valence-corrected chi connectivity index (χ0v) is 11.6. The van der Waals surface area contributed by atoms with Gasteiger partial charge in [0.05, 0.1) is 10.7 Å². The van der Waals surface area contributed by atoms with Gasteiger partial charge in [-0.1, -0.05) is 19.9 Å². The minimum Gasteiger partial charge on any atom is -0.508 e. The Morgan fingerprint density at radius 2 is 2.17 bits per heavy atom. The minimum absolute atomic E-state index is 0.258. The summed E-state index contributed by atoms with van der Waals surface area (Å²) in [5, 5.41) is 12.7. The molecular weight excluding hydrogens is 246 g/mol. The fourth-order valence-corrected chi connectivity index (χ4v) is 2.38. The predicted octanol–water partition coefficient (Wildman–Crippen LogP) is 3.86. The number of ether oxygens (including phenoxy) is 1. The van der Waals surface area contributed by atoms with Gasteiger partial charge >= 0.3 is 0 Å². The number of hydrogen-bond acceptors (Lipinski definition) is 4. The zero-order valence-electron chi connectivity index (χ0n) is 10.8. The van der Waals surface area contributed by atoms with Crippen LogP contribution in [0.15, 0.2) is 23.6 Å². The molecule has 1 aromatic carbocycles. The van der Waals surface area contributed by atoms with E-state index in [1.165, 1.54) is 0 Å². The summed E-state index contributed by atoms with van der Waals surface area (Å²) in [7, 11) is 0. The first-order chi connectivity index (χ1) is 8.58. The van der Waals surface area contributed by atoms with Gasteiger partial charge in [0, 0.05) is 16.9 Å². The molecule has 0 unspecified atom stereocenters. The molecule has 0 spiro atoms. The van der Waals surface area contributed by atoms with Crippen molar-refractivity contribution < 1.29 is 9.84 Å². The van der Waals surface area contributed by atoms with Crippen LogP contribution in [0, 0.1) is 6.92 Å². The Balaban J connectivity index is 2.04. The zero-order chi connectivity index (χ0) is 13.1. The van der Waals surface area contributed by atoms with Gasteiger partial charge in [-0.25, -0.2) is 4.98 Å². The van der Waals surface area contributed by atoms with Crippen LogP contribution in [-0.2, 0) is 6.61 Å². The Kier molecular flexibility index (Phi) is 3.87. The van der Waals surface area contributed by atoms with Crippen LogP contribution in [0.2, 0.25) is 0 Å². The molecule has 0 saturated carbocycles. The number of phenols is 1. The third-order valence-corrected chi connectivity index (χ3v) is 3.89. The molecule has 0 bridgehead atoms. The number of aromatic nitrogens is 1. The van der Waals surface area contributed by atoms with Crippen molar-refractivity contribution in [1.29, 1.82) is 0 Å². The largest absolute Gasteiger partial charge is 0.508 e. The summed E-state index contributed by atoms with van der Waals surface area (Å²) in [5.74, 6) is 1.41. The van der Waals surface area contributed by atoms with E-state index in [1.54, 1.807) is 23.5 Å². The number of thiazole rings is 1. The third-order valence-electron chi connectivity index (χ3n) is 2.69. The van der Waals surface area contributed by atoms with Gasteiger partial charge in [0.2, 0.25) is 0 Å². The standard InChI is InChI=1S/C14H17NO2S/c1-9(2)14-15-11(8-18-14)7-17-13-6-4-5-12(16)10(13)3/h4-6,8-9,16H,7H2,1-3H3. The van der Waals surface area contributed by atoms with Gasteiger partial charge in [0.25, 0.3) is 0 Å². The average Bonchev–Trinajstić information content (AvgIpc) is 2.80. The first-order valence-electron chi connectivity index (χ1n) is 5.93. The Bertz CT molecular complexity index is 534. The second-order valence-corrected chi connectivity index (χ2v) is 5.41. The highest BCUT2D eigenvalue weighted by Crippen LogP contribution is 2.27. The molecule has 1 heterocycles. The van der Waals surface area contributed by atoms with Crippen molar-refractivity contribution in [2.24, 2.45) is 0 Å². The number of hydrogen-bond donors (Lipinski definition) is 1. The monoisotopic (exact) mass is 263 g/mol. The van der Waals surface area contributed by atoms with Crippen molar-refractivity contribution in [2.45, 2.75) is 33.3 Å². The van der Waals surface area contributed by atoms with Crippen molar-refractivity contribution in [3.8, 4) is 11.5 Å². The van der Waals surface area contributed by atoms with E-state index in [0.29, 0.717) is 18.3 Å². The van der Waals surface area contributed by atoms with Crippen LogP contribution >= 0.6 is 11.3 Å². The predicted molar refractivity (Wildman–Crippen MR) is 73.4 cm³/mol. The lowest BCUT2D eigenvalue weighted by Crippen LogP contribution is -1.98. The molecule has 0 saturated heterocycles. The SMILES string of the molecule is Cc1c(O)cccc1OCc1csc(C(C)C)n1. The fraction of sp³-hybridized carbons (Fsp3) is 0.357. The van der Waals surface area contributed by atoms with E-state index in [1.807, 2.05) is 18.4 Å². The minimum atomic E-state index is 0.258. The van der Waals surface area contributed by atoms with Crippen LogP contribution in [0.5, 0.6) is 11.5 Å². The molecule has 1 aromatic heterocycles. The van der Waals surface area contributed by atoms with Crippen LogP contribution in [-0.4, -0.2) is 10.1 Å². The average molecular weight is 263 g/mol. The van der Waals surface area contributed by atoms with E-state index in [4.69, 9.17) is 4.74 Å². The Labute approximate surface area is 111 Å². The number of phenolic OH excluding ortho intramolecular Hbond substituents is 1. The number of benzene rings is 1. The van der Waals surface area contributed by atoms with Crippen molar-refractivity contribution in [3.05, 3.63) is 39.8 Å². The van der Waals surface area contributed by atoms with Crippen LogP contribution in [0.3, 0.4) is 0 Å². The van der Waals surface area contributed by atoms with Crippen LogP contribution in [0.1, 0.15) is 36.0 Å². The first kappa shape index (κ1) is 12.9. The molecule has 0 amide bonds. The van der Waals surface area contributed by atoms with Gasteiger partial charge in [-0.2, -0.15) is 0 Å². The summed E-state index contributed by atoms with van der Waals surface area (Å²) in [6.45, 7) is 6.53. The summed E-state index contributed by atoms with van der Waals surface area (Å²) in [5.41, 5.74) is 1.70. The molecule has 4 heteroatoms. The van der Waals surface area contributed by atoms with E-state index in [0.717, 1.165) is 16.3 Å². The van der Waals surface area contributed by atoms with Crippen molar-refractivity contribution in [1.82, 2.24) is 4.98 Å². The van der Waals surface area contributed by atoms with Gasteiger partial charge in [-0.3, -0.25) is 0 Å². The second kappa shape index (κ2) is 5.40. The van der Waals surface area contributed by atoms with Crippen LogP contribution in [0.4, 0.5) is 0 Å². The Morgan fingerprint density at radius 1 is 1.39 bits per heavy atom. The van der Waals surface area contributed by atoms with Crippen molar-refractivity contribution >= 4 is 11.3 Å². The third kappa shape index (κ3) is 2.82. The summed E-state index contributed by atoms with van der Waals surface area (Å²) < 4.78 is 5.68. The van der Waals surface area contributed by atoms with Gasteiger partial charge in [0.1, 0.15) is 18.1 Å². The molecule has 96 valence electrons. The summed E-state index contributed by atoms with van der Waals surface area (Å²) in [6.07, 6.45) is 0. The van der Waals surface area contributed by atoms with E-state index in [9.17, 15) is 5.11 Å². The highest BCUT2D eigenvalue weighted by molar-refractivity contribution is 7.09. The molecule has 2 rings (SSSR count). The first-order valence-corrected chi connectivity index (χ1v) is 6.81. The van der Waals surface area contributed by atoms with Gasteiger partial charge < -0.3 is 9.84 Å². The Hall–Kier alpha value is -1.55. The number of nitrogens with zero attached hydrogens (tertiary/aromatic N) is 1.